The monoisotopic (exact) mass is 314 g/mol. The summed E-state index contributed by atoms with van der Waals surface area (Å²) in [5.41, 5.74) is 2.00. The van der Waals surface area contributed by atoms with Gasteiger partial charge in [0.1, 0.15) is 17.9 Å². The molecule has 120 valence electrons. The van der Waals surface area contributed by atoms with Crippen LogP contribution in [-0.4, -0.2) is 41.2 Å². The number of para-hydroxylation sites is 1. The topological polar surface area (TPSA) is 71.9 Å². The average molecular weight is 314 g/mol. The van der Waals surface area contributed by atoms with Crippen molar-refractivity contribution in [2.75, 3.05) is 20.3 Å². The Morgan fingerprint density at radius 3 is 2.96 bits per heavy atom. The zero-order valence-corrected chi connectivity index (χ0v) is 12.9. The van der Waals surface area contributed by atoms with Gasteiger partial charge >= 0.3 is 5.97 Å². The van der Waals surface area contributed by atoms with Gasteiger partial charge in [0, 0.05) is 31.3 Å². The number of aromatic nitrogens is 1. The third-order valence-electron chi connectivity index (χ3n) is 3.75. The van der Waals surface area contributed by atoms with Gasteiger partial charge in [-0.3, -0.25) is 4.90 Å². The smallest absolute Gasteiger partial charge is 0.339 e. The number of aromatic carboxylic acids is 1. The first-order valence-electron chi connectivity index (χ1n) is 7.37. The van der Waals surface area contributed by atoms with Gasteiger partial charge in [0.15, 0.2) is 0 Å². The molecule has 0 saturated carbocycles. The summed E-state index contributed by atoms with van der Waals surface area (Å²) in [5.74, 6) is 0.0907. The van der Waals surface area contributed by atoms with Crippen LogP contribution in [0.15, 0.2) is 36.4 Å². The van der Waals surface area contributed by atoms with Crippen molar-refractivity contribution in [2.45, 2.75) is 13.1 Å². The maximum Gasteiger partial charge on any atom is 0.339 e. The number of methoxy groups -OCH3 is 1. The van der Waals surface area contributed by atoms with Gasteiger partial charge in [-0.05, 0) is 12.1 Å². The molecule has 1 aromatic heterocycles. The quantitative estimate of drug-likeness (QED) is 0.932. The molecule has 2 heterocycles. The van der Waals surface area contributed by atoms with Gasteiger partial charge in [-0.15, -0.1) is 0 Å². The van der Waals surface area contributed by atoms with Gasteiger partial charge in [-0.1, -0.05) is 18.2 Å². The van der Waals surface area contributed by atoms with Crippen molar-refractivity contribution in [1.82, 2.24) is 9.88 Å². The lowest BCUT2D eigenvalue weighted by Gasteiger charge is -2.19. The number of benzene rings is 1. The van der Waals surface area contributed by atoms with Crippen LogP contribution in [0.5, 0.6) is 11.6 Å². The van der Waals surface area contributed by atoms with Crippen LogP contribution in [0.25, 0.3) is 0 Å². The molecular weight excluding hydrogens is 296 g/mol. The number of carboxylic acids is 1. The normalized spacial score (nSPS) is 14.5. The fraction of sp³-hybridized carbons (Fsp3) is 0.294. The van der Waals surface area contributed by atoms with Crippen molar-refractivity contribution in [3.63, 3.8) is 0 Å². The summed E-state index contributed by atoms with van der Waals surface area (Å²) in [4.78, 5) is 17.9. The molecule has 0 spiro atoms. The number of carbonyl (C=O) groups is 1. The van der Waals surface area contributed by atoms with Gasteiger partial charge in [0.2, 0.25) is 5.88 Å². The zero-order valence-electron chi connectivity index (χ0n) is 12.9. The van der Waals surface area contributed by atoms with Crippen molar-refractivity contribution >= 4 is 5.97 Å². The Bertz CT molecular complexity index is 717. The Labute approximate surface area is 134 Å². The number of hydrogen-bond donors (Lipinski definition) is 1. The van der Waals surface area contributed by atoms with E-state index in [-0.39, 0.29) is 5.56 Å². The van der Waals surface area contributed by atoms with Crippen molar-refractivity contribution in [3.8, 4) is 11.6 Å². The summed E-state index contributed by atoms with van der Waals surface area (Å²) < 4.78 is 10.8. The molecule has 1 aliphatic rings. The molecule has 1 aliphatic heterocycles. The number of ether oxygens (including phenoxy) is 2. The first kappa shape index (κ1) is 15.3. The summed E-state index contributed by atoms with van der Waals surface area (Å²) >= 11 is 0. The number of nitrogens with zero attached hydrogens (tertiary/aromatic N) is 2. The van der Waals surface area contributed by atoms with Gasteiger partial charge in [-0.25, -0.2) is 9.78 Å². The minimum atomic E-state index is -0.968. The molecule has 6 nitrogen and oxygen atoms in total. The zero-order chi connectivity index (χ0) is 16.2. The van der Waals surface area contributed by atoms with E-state index in [0.717, 1.165) is 11.3 Å². The van der Waals surface area contributed by atoms with Crippen LogP contribution in [0.2, 0.25) is 0 Å². The van der Waals surface area contributed by atoms with Gasteiger partial charge in [-0.2, -0.15) is 0 Å². The highest BCUT2D eigenvalue weighted by atomic mass is 16.5. The maximum absolute atomic E-state index is 11.3. The standard InChI is InChI=1S/C17H18N2O4/c1-22-15-7-3-5-13(18-15)11-19-8-9-23-16-12(10-19)4-2-6-14(16)17(20)21/h2-7H,8-11H2,1H3,(H,20,21). The van der Waals surface area contributed by atoms with Crippen LogP contribution in [0.4, 0.5) is 0 Å². The number of fused-ring (bicyclic) bond motifs is 1. The largest absolute Gasteiger partial charge is 0.491 e. The highest BCUT2D eigenvalue weighted by Crippen LogP contribution is 2.28. The molecule has 0 aliphatic carbocycles. The first-order chi connectivity index (χ1) is 11.2. The van der Waals surface area contributed by atoms with E-state index in [1.54, 1.807) is 19.2 Å². The Balaban J connectivity index is 1.81. The number of pyridine rings is 1. The van der Waals surface area contributed by atoms with Gasteiger partial charge < -0.3 is 14.6 Å². The van der Waals surface area contributed by atoms with Crippen LogP contribution in [-0.2, 0) is 13.1 Å². The molecule has 0 unspecified atom stereocenters. The predicted molar refractivity (Wildman–Crippen MR) is 83.8 cm³/mol. The Hall–Kier alpha value is -2.60. The molecule has 1 aromatic carbocycles. The third-order valence-corrected chi connectivity index (χ3v) is 3.75. The van der Waals surface area contributed by atoms with E-state index in [2.05, 4.69) is 9.88 Å². The molecule has 0 saturated heterocycles. The van der Waals surface area contributed by atoms with E-state index < -0.39 is 5.97 Å². The molecule has 0 amide bonds. The Morgan fingerprint density at radius 1 is 1.35 bits per heavy atom. The average Bonchev–Trinajstić information content (AvgIpc) is 2.76. The third kappa shape index (κ3) is 3.43. The molecule has 0 bridgehead atoms. The summed E-state index contributed by atoms with van der Waals surface area (Å²) in [6, 6.07) is 10.9. The minimum Gasteiger partial charge on any atom is -0.491 e. The van der Waals surface area contributed by atoms with E-state index in [4.69, 9.17) is 9.47 Å². The molecule has 0 radical (unpaired) electrons. The molecule has 0 fully saturated rings. The summed E-state index contributed by atoms with van der Waals surface area (Å²) in [5, 5.41) is 9.27. The predicted octanol–water partition coefficient (Wildman–Crippen LogP) is 2.18. The summed E-state index contributed by atoms with van der Waals surface area (Å²) in [6.07, 6.45) is 0. The van der Waals surface area contributed by atoms with Gasteiger partial charge in [0.05, 0.1) is 12.8 Å². The van der Waals surface area contributed by atoms with Crippen LogP contribution >= 0.6 is 0 Å². The van der Waals surface area contributed by atoms with Crippen molar-refractivity contribution in [1.29, 1.82) is 0 Å². The highest BCUT2D eigenvalue weighted by molar-refractivity contribution is 5.91. The molecule has 23 heavy (non-hydrogen) atoms. The Morgan fingerprint density at radius 2 is 2.17 bits per heavy atom. The van der Waals surface area contributed by atoms with Crippen LogP contribution in [0.1, 0.15) is 21.6 Å². The van der Waals surface area contributed by atoms with Crippen LogP contribution in [0, 0.1) is 0 Å². The molecule has 3 rings (SSSR count). The van der Waals surface area contributed by atoms with Crippen LogP contribution in [0.3, 0.4) is 0 Å². The second-order valence-corrected chi connectivity index (χ2v) is 5.33. The van der Waals surface area contributed by atoms with E-state index in [1.165, 1.54) is 0 Å². The minimum absolute atomic E-state index is 0.212. The fourth-order valence-corrected chi connectivity index (χ4v) is 2.67. The van der Waals surface area contributed by atoms with Crippen molar-refractivity contribution in [2.24, 2.45) is 0 Å². The number of hydrogen-bond acceptors (Lipinski definition) is 5. The fourth-order valence-electron chi connectivity index (χ4n) is 2.67. The molecule has 2 aromatic rings. The second-order valence-electron chi connectivity index (χ2n) is 5.33. The summed E-state index contributed by atoms with van der Waals surface area (Å²) in [7, 11) is 1.59. The molecule has 6 heteroatoms. The molecule has 1 N–H and O–H groups in total. The lowest BCUT2D eigenvalue weighted by atomic mass is 10.1. The highest BCUT2D eigenvalue weighted by Gasteiger charge is 2.21. The summed E-state index contributed by atoms with van der Waals surface area (Å²) in [6.45, 7) is 2.42. The van der Waals surface area contributed by atoms with Crippen molar-refractivity contribution in [3.05, 3.63) is 53.2 Å². The SMILES string of the molecule is COc1cccc(CN2CCOc3c(cccc3C(=O)O)C2)n1. The second kappa shape index (κ2) is 6.66. The maximum atomic E-state index is 11.3. The van der Waals surface area contributed by atoms with E-state index in [0.29, 0.717) is 37.9 Å². The lowest BCUT2D eigenvalue weighted by molar-refractivity contribution is 0.0692. The van der Waals surface area contributed by atoms with Crippen molar-refractivity contribution < 1.29 is 19.4 Å². The lowest BCUT2D eigenvalue weighted by Crippen LogP contribution is -2.25. The Kier molecular flexibility index (Phi) is 4.43. The van der Waals surface area contributed by atoms with E-state index in [1.807, 2.05) is 24.3 Å². The van der Waals surface area contributed by atoms with Crippen LogP contribution < -0.4 is 9.47 Å². The van der Waals surface area contributed by atoms with Gasteiger partial charge in [0.25, 0.3) is 0 Å². The van der Waals surface area contributed by atoms with E-state index >= 15 is 0 Å². The number of rotatable bonds is 4. The first-order valence-corrected chi connectivity index (χ1v) is 7.37. The number of carboxylic acid groups (broad SMARTS) is 1. The molecular formula is C17H18N2O4. The van der Waals surface area contributed by atoms with E-state index in [9.17, 15) is 9.90 Å². The molecule has 0 atom stereocenters.